The Balaban J connectivity index is 1.61. The molecule has 0 fully saturated rings. The molecule has 0 unspecified atom stereocenters. The third-order valence-corrected chi connectivity index (χ3v) is 4.83. The first-order valence-electron chi connectivity index (χ1n) is 8.77. The number of rotatable bonds is 2. The monoisotopic (exact) mass is 386 g/mol. The number of halogens is 3. The van der Waals surface area contributed by atoms with Crippen LogP contribution in [0.5, 0.6) is 0 Å². The van der Waals surface area contributed by atoms with E-state index in [4.69, 9.17) is 0 Å². The summed E-state index contributed by atoms with van der Waals surface area (Å²) in [5.41, 5.74) is 2.66. The standard InChI is InChI=1S/C20H17F3N4O/c1-12-3-2-4-13(7-12)14-8-15(10-24-9-14)19(28)27-6-5-17-16(11-27)18(26-25-17)20(21,22)23/h2-4,7-10H,5-6,11H2,1H3,(H,25,26). The van der Waals surface area contributed by atoms with Crippen molar-refractivity contribution >= 4 is 5.91 Å². The van der Waals surface area contributed by atoms with Crippen LogP contribution in [0.1, 0.15) is 32.9 Å². The summed E-state index contributed by atoms with van der Waals surface area (Å²) in [6.45, 7) is 2.16. The summed E-state index contributed by atoms with van der Waals surface area (Å²) in [5.74, 6) is -0.345. The Kier molecular flexibility index (Phi) is 4.41. The summed E-state index contributed by atoms with van der Waals surface area (Å²) >= 11 is 0. The molecule has 0 spiro atoms. The molecule has 1 N–H and O–H groups in total. The van der Waals surface area contributed by atoms with Gasteiger partial charge in [0.05, 0.1) is 5.56 Å². The summed E-state index contributed by atoms with van der Waals surface area (Å²) in [4.78, 5) is 18.5. The number of fused-ring (bicyclic) bond motifs is 1. The highest BCUT2D eigenvalue weighted by Crippen LogP contribution is 2.34. The molecule has 4 rings (SSSR count). The smallest absolute Gasteiger partial charge is 0.334 e. The van der Waals surface area contributed by atoms with Crippen LogP contribution in [-0.2, 0) is 19.1 Å². The molecule has 5 nitrogen and oxygen atoms in total. The number of nitrogens with one attached hydrogen (secondary N) is 1. The van der Waals surface area contributed by atoms with Crippen molar-refractivity contribution in [3.05, 3.63) is 70.8 Å². The predicted molar refractivity (Wildman–Crippen MR) is 96.4 cm³/mol. The van der Waals surface area contributed by atoms with Crippen LogP contribution in [0.3, 0.4) is 0 Å². The van der Waals surface area contributed by atoms with Gasteiger partial charge in [-0.2, -0.15) is 18.3 Å². The van der Waals surface area contributed by atoms with E-state index in [1.807, 2.05) is 31.2 Å². The second-order valence-corrected chi connectivity index (χ2v) is 6.84. The quantitative estimate of drug-likeness (QED) is 0.724. The molecule has 2 aromatic heterocycles. The number of H-pyrrole nitrogens is 1. The summed E-state index contributed by atoms with van der Waals surface area (Å²) in [5, 5.41) is 5.84. The van der Waals surface area contributed by atoms with Crippen LogP contribution >= 0.6 is 0 Å². The maximum Gasteiger partial charge on any atom is 0.435 e. The number of hydrogen-bond donors (Lipinski definition) is 1. The molecule has 3 aromatic rings. The third-order valence-electron chi connectivity index (χ3n) is 4.83. The number of alkyl halides is 3. The minimum absolute atomic E-state index is 0.0369. The van der Waals surface area contributed by atoms with Gasteiger partial charge >= 0.3 is 6.18 Å². The number of nitrogens with zero attached hydrogens (tertiary/aromatic N) is 3. The summed E-state index contributed by atoms with van der Waals surface area (Å²) < 4.78 is 39.4. The number of aromatic nitrogens is 3. The zero-order valence-corrected chi connectivity index (χ0v) is 15.0. The van der Waals surface area contributed by atoms with Crippen LogP contribution in [-0.4, -0.2) is 32.5 Å². The molecular weight excluding hydrogens is 369 g/mol. The predicted octanol–water partition coefficient (Wildman–Crippen LogP) is 4.00. The molecule has 8 heteroatoms. The van der Waals surface area contributed by atoms with E-state index in [-0.39, 0.29) is 18.0 Å². The lowest BCUT2D eigenvalue weighted by Crippen LogP contribution is -2.36. The number of carbonyl (C=O) groups excluding carboxylic acids is 1. The fourth-order valence-electron chi connectivity index (χ4n) is 3.42. The van der Waals surface area contributed by atoms with Crippen LogP contribution in [0.15, 0.2) is 42.7 Å². The van der Waals surface area contributed by atoms with Gasteiger partial charge < -0.3 is 4.90 Å². The molecule has 0 radical (unpaired) electrons. The molecular formula is C20H17F3N4O. The number of pyridine rings is 1. The first kappa shape index (κ1) is 18.2. The number of carbonyl (C=O) groups is 1. The van der Waals surface area contributed by atoms with E-state index in [0.717, 1.165) is 16.7 Å². The van der Waals surface area contributed by atoms with Gasteiger partial charge in [-0.1, -0.05) is 29.8 Å². The average Bonchev–Trinajstić information content (AvgIpc) is 3.11. The molecule has 0 saturated heterocycles. The molecule has 1 amide bonds. The van der Waals surface area contributed by atoms with E-state index in [1.54, 1.807) is 12.3 Å². The van der Waals surface area contributed by atoms with E-state index < -0.39 is 11.9 Å². The fourth-order valence-corrected chi connectivity index (χ4v) is 3.42. The van der Waals surface area contributed by atoms with Crippen molar-refractivity contribution < 1.29 is 18.0 Å². The first-order valence-corrected chi connectivity index (χ1v) is 8.77. The molecule has 28 heavy (non-hydrogen) atoms. The maximum atomic E-state index is 13.1. The van der Waals surface area contributed by atoms with Crippen molar-refractivity contribution in [2.45, 2.75) is 26.1 Å². The highest BCUT2D eigenvalue weighted by Gasteiger charge is 2.39. The number of aromatic amines is 1. The van der Waals surface area contributed by atoms with Crippen LogP contribution < -0.4 is 0 Å². The van der Waals surface area contributed by atoms with Crippen molar-refractivity contribution in [1.82, 2.24) is 20.1 Å². The lowest BCUT2D eigenvalue weighted by atomic mass is 10.0. The molecule has 1 aromatic carbocycles. The topological polar surface area (TPSA) is 61.9 Å². The van der Waals surface area contributed by atoms with E-state index in [1.165, 1.54) is 11.1 Å². The second kappa shape index (κ2) is 6.78. The zero-order valence-electron chi connectivity index (χ0n) is 15.0. The van der Waals surface area contributed by atoms with Gasteiger partial charge in [-0.05, 0) is 18.6 Å². The number of hydrogen-bond acceptors (Lipinski definition) is 3. The lowest BCUT2D eigenvalue weighted by Gasteiger charge is -2.27. The Morgan fingerprint density at radius 1 is 1.18 bits per heavy atom. The summed E-state index contributed by atoms with van der Waals surface area (Å²) in [6, 6.07) is 9.52. The highest BCUT2D eigenvalue weighted by molar-refractivity contribution is 5.95. The molecule has 1 aliphatic rings. The Bertz CT molecular complexity index is 1040. The number of amides is 1. The van der Waals surface area contributed by atoms with E-state index in [9.17, 15) is 18.0 Å². The molecule has 0 saturated carbocycles. The number of aryl methyl sites for hydroxylation is 1. The van der Waals surface area contributed by atoms with Crippen molar-refractivity contribution in [1.29, 1.82) is 0 Å². The normalized spacial score (nSPS) is 14.1. The zero-order chi connectivity index (χ0) is 19.9. The molecule has 0 atom stereocenters. The van der Waals surface area contributed by atoms with Gasteiger partial charge in [0.15, 0.2) is 5.69 Å². The number of benzene rings is 1. The van der Waals surface area contributed by atoms with Gasteiger partial charge in [0.25, 0.3) is 5.91 Å². The van der Waals surface area contributed by atoms with Gasteiger partial charge in [0.1, 0.15) is 0 Å². The van der Waals surface area contributed by atoms with Gasteiger partial charge in [-0.25, -0.2) is 0 Å². The minimum atomic E-state index is -4.55. The fraction of sp³-hybridized carbons (Fsp3) is 0.250. The Labute approximate surface area is 159 Å². The molecule has 0 aliphatic carbocycles. The summed E-state index contributed by atoms with van der Waals surface area (Å²) in [6.07, 6.45) is -1.15. The highest BCUT2D eigenvalue weighted by atomic mass is 19.4. The minimum Gasteiger partial charge on any atom is -0.334 e. The van der Waals surface area contributed by atoms with Gasteiger partial charge in [0.2, 0.25) is 0 Å². The van der Waals surface area contributed by atoms with Crippen LogP contribution in [0.4, 0.5) is 13.2 Å². The second-order valence-electron chi connectivity index (χ2n) is 6.84. The van der Waals surface area contributed by atoms with Crippen LogP contribution in [0.25, 0.3) is 11.1 Å². The van der Waals surface area contributed by atoms with Crippen LogP contribution in [0, 0.1) is 6.92 Å². The van der Waals surface area contributed by atoms with Gasteiger partial charge in [0, 0.05) is 48.7 Å². The largest absolute Gasteiger partial charge is 0.435 e. The Hall–Kier alpha value is -3.16. The molecule has 0 bridgehead atoms. The molecule has 3 heterocycles. The van der Waals surface area contributed by atoms with Crippen molar-refractivity contribution in [2.24, 2.45) is 0 Å². The van der Waals surface area contributed by atoms with Gasteiger partial charge in [-0.15, -0.1) is 0 Å². The Morgan fingerprint density at radius 3 is 2.75 bits per heavy atom. The third kappa shape index (κ3) is 3.37. The molecule has 144 valence electrons. The van der Waals surface area contributed by atoms with E-state index >= 15 is 0 Å². The SMILES string of the molecule is Cc1cccc(-c2cncc(C(=O)N3CCc4[nH]nc(C(F)(F)F)c4C3)c2)c1. The maximum absolute atomic E-state index is 13.1. The van der Waals surface area contributed by atoms with Crippen molar-refractivity contribution in [3.8, 4) is 11.1 Å². The average molecular weight is 386 g/mol. The summed E-state index contributed by atoms with van der Waals surface area (Å²) in [7, 11) is 0. The molecule has 1 aliphatic heterocycles. The van der Waals surface area contributed by atoms with E-state index in [2.05, 4.69) is 15.2 Å². The van der Waals surface area contributed by atoms with Crippen LogP contribution in [0.2, 0.25) is 0 Å². The van der Waals surface area contributed by atoms with Gasteiger partial charge in [-0.3, -0.25) is 14.9 Å². The Morgan fingerprint density at radius 2 is 2.00 bits per heavy atom. The van der Waals surface area contributed by atoms with Crippen molar-refractivity contribution in [2.75, 3.05) is 6.54 Å². The lowest BCUT2D eigenvalue weighted by molar-refractivity contribution is -0.142. The van der Waals surface area contributed by atoms with E-state index in [0.29, 0.717) is 24.2 Å². The van der Waals surface area contributed by atoms with Crippen molar-refractivity contribution in [3.63, 3.8) is 0 Å². The first-order chi connectivity index (χ1) is 13.3.